The highest BCUT2D eigenvalue weighted by molar-refractivity contribution is 8.15. The lowest BCUT2D eigenvalue weighted by atomic mass is 10.1. The van der Waals surface area contributed by atoms with Crippen LogP contribution in [0, 0.1) is 0 Å². The molecule has 0 saturated heterocycles. The van der Waals surface area contributed by atoms with Crippen molar-refractivity contribution in [3.63, 3.8) is 0 Å². The highest BCUT2D eigenvalue weighted by Crippen LogP contribution is 2.41. The van der Waals surface area contributed by atoms with Crippen LogP contribution in [0.4, 0.5) is 0 Å². The van der Waals surface area contributed by atoms with Crippen LogP contribution in [0.3, 0.4) is 0 Å². The van der Waals surface area contributed by atoms with Gasteiger partial charge in [-0.3, -0.25) is 0 Å². The summed E-state index contributed by atoms with van der Waals surface area (Å²) >= 11 is 1.25. The van der Waals surface area contributed by atoms with Gasteiger partial charge in [0.2, 0.25) is 0 Å². The van der Waals surface area contributed by atoms with E-state index < -0.39 is 19.7 Å². The molecular formula is C8H10O3S2. The number of allylic oxidation sites excluding steroid dienone is 2. The molecule has 0 bridgehead atoms. The van der Waals surface area contributed by atoms with Gasteiger partial charge in [0.15, 0.2) is 9.84 Å². The fraction of sp³-hybridized carbons (Fsp3) is 0.500. The van der Waals surface area contributed by atoms with Gasteiger partial charge in [-0.05, 0) is 18.4 Å². The Labute approximate surface area is 81.4 Å². The van der Waals surface area contributed by atoms with Crippen molar-refractivity contribution >= 4 is 21.6 Å². The lowest BCUT2D eigenvalue weighted by Gasteiger charge is -2.24. The zero-order chi connectivity index (χ0) is 9.64. The highest BCUT2D eigenvalue weighted by atomic mass is 32.3. The Morgan fingerprint density at radius 1 is 1.62 bits per heavy atom. The monoisotopic (exact) mass is 218 g/mol. The number of hydrogen-bond donors (Lipinski definition) is 1. The summed E-state index contributed by atoms with van der Waals surface area (Å²) in [6.45, 7) is 1.64. The van der Waals surface area contributed by atoms with Gasteiger partial charge in [0, 0.05) is 12.0 Å². The van der Waals surface area contributed by atoms with Crippen LogP contribution in [-0.4, -0.2) is 23.4 Å². The third kappa shape index (κ3) is 1.21. The summed E-state index contributed by atoms with van der Waals surface area (Å²) in [4.78, 5) is 0. The van der Waals surface area contributed by atoms with Gasteiger partial charge in [-0.25, -0.2) is 8.42 Å². The smallest absolute Gasteiger partial charge is 0.170 e. The van der Waals surface area contributed by atoms with Crippen LogP contribution in [0.1, 0.15) is 13.3 Å². The van der Waals surface area contributed by atoms with E-state index in [0.29, 0.717) is 5.57 Å². The first-order valence-electron chi connectivity index (χ1n) is 4.00. The van der Waals surface area contributed by atoms with Crippen molar-refractivity contribution in [3.05, 3.63) is 22.8 Å². The summed E-state index contributed by atoms with van der Waals surface area (Å²) < 4.78 is 22.9. The quantitative estimate of drug-likeness (QED) is 0.671. The average molecular weight is 218 g/mol. The van der Waals surface area contributed by atoms with E-state index >= 15 is 0 Å². The van der Waals surface area contributed by atoms with Crippen LogP contribution in [0.5, 0.6) is 0 Å². The fourth-order valence-electron chi connectivity index (χ4n) is 1.54. The van der Waals surface area contributed by atoms with E-state index in [1.54, 1.807) is 18.4 Å². The summed E-state index contributed by atoms with van der Waals surface area (Å²) in [5, 5.41) is 10.8. The van der Waals surface area contributed by atoms with Crippen LogP contribution < -0.4 is 0 Å². The summed E-state index contributed by atoms with van der Waals surface area (Å²) in [6, 6.07) is 0. The lowest BCUT2D eigenvalue weighted by molar-refractivity contribution is 0.376. The molecule has 0 aromatic heterocycles. The Hall–Kier alpha value is -0.420. The van der Waals surface area contributed by atoms with E-state index in [1.165, 1.54) is 11.8 Å². The normalized spacial score (nSPS) is 36.4. The Kier molecular flexibility index (Phi) is 1.96. The molecule has 3 nitrogen and oxygen atoms in total. The molecule has 1 unspecified atom stereocenters. The topological polar surface area (TPSA) is 54.4 Å². The van der Waals surface area contributed by atoms with E-state index in [-0.39, 0.29) is 12.2 Å². The number of aliphatic hydroxyl groups excluding tert-OH is 1. The standard InChI is InChI=1S/C8H10O3S2/c1-5-4-7(9)6-2-3-12-8(6)13(5,10)11/h2-3,5,8-9H,4H2,1H3/t5?,8-/m0/s1. The number of hydrogen-bond acceptors (Lipinski definition) is 4. The van der Waals surface area contributed by atoms with Crippen molar-refractivity contribution < 1.29 is 13.5 Å². The summed E-state index contributed by atoms with van der Waals surface area (Å²) in [7, 11) is -3.09. The zero-order valence-corrected chi connectivity index (χ0v) is 8.73. The van der Waals surface area contributed by atoms with E-state index in [0.717, 1.165) is 0 Å². The largest absolute Gasteiger partial charge is 0.512 e. The first-order valence-corrected chi connectivity index (χ1v) is 6.55. The second kappa shape index (κ2) is 2.78. The summed E-state index contributed by atoms with van der Waals surface area (Å²) in [5.74, 6) is 0.230. The molecule has 0 aromatic rings. The second-order valence-corrected chi connectivity index (χ2v) is 7.04. The van der Waals surface area contributed by atoms with Crippen LogP contribution in [0.25, 0.3) is 0 Å². The van der Waals surface area contributed by atoms with Gasteiger partial charge in [-0.15, -0.1) is 11.8 Å². The Morgan fingerprint density at radius 3 is 3.00 bits per heavy atom. The van der Waals surface area contributed by atoms with Gasteiger partial charge in [-0.2, -0.15) is 0 Å². The maximum Gasteiger partial charge on any atom is 0.170 e. The van der Waals surface area contributed by atoms with Crippen molar-refractivity contribution in [3.8, 4) is 0 Å². The molecule has 5 heteroatoms. The second-order valence-electron chi connectivity index (χ2n) is 3.28. The Balaban J connectivity index is 2.54. The van der Waals surface area contributed by atoms with Crippen molar-refractivity contribution in [2.75, 3.05) is 0 Å². The molecule has 0 radical (unpaired) electrons. The molecule has 0 spiro atoms. The van der Waals surface area contributed by atoms with Crippen LogP contribution in [0.15, 0.2) is 22.8 Å². The fourth-order valence-corrected chi connectivity index (χ4v) is 5.03. The van der Waals surface area contributed by atoms with Crippen molar-refractivity contribution in [2.45, 2.75) is 23.2 Å². The SMILES string of the molecule is CC1CC(O)=C2C=CS[C@H]2S1(=O)=O. The minimum absolute atomic E-state index is 0.230. The molecule has 0 aliphatic carbocycles. The molecule has 1 N–H and O–H groups in total. The van der Waals surface area contributed by atoms with Crippen molar-refractivity contribution in [1.29, 1.82) is 0 Å². The molecule has 0 aromatic carbocycles. The average Bonchev–Trinajstić information content (AvgIpc) is 2.49. The molecule has 13 heavy (non-hydrogen) atoms. The molecule has 72 valence electrons. The molecule has 0 amide bonds. The Morgan fingerprint density at radius 2 is 2.31 bits per heavy atom. The van der Waals surface area contributed by atoms with Gasteiger partial charge >= 0.3 is 0 Å². The predicted octanol–water partition coefficient (Wildman–Crippen LogP) is 1.59. The third-order valence-electron chi connectivity index (χ3n) is 2.38. The number of sulfone groups is 1. The number of fused-ring (bicyclic) bond motifs is 1. The van der Waals surface area contributed by atoms with Crippen LogP contribution in [0.2, 0.25) is 0 Å². The third-order valence-corrected chi connectivity index (χ3v) is 6.45. The van der Waals surface area contributed by atoms with Gasteiger partial charge in [0.1, 0.15) is 4.58 Å². The van der Waals surface area contributed by atoms with Crippen LogP contribution in [-0.2, 0) is 9.84 Å². The zero-order valence-electron chi connectivity index (χ0n) is 7.10. The summed E-state index contributed by atoms with van der Waals surface area (Å²) in [5.41, 5.74) is 0.572. The molecular weight excluding hydrogens is 208 g/mol. The maximum atomic E-state index is 11.7. The molecule has 2 atom stereocenters. The minimum atomic E-state index is -3.09. The van der Waals surface area contributed by atoms with E-state index in [4.69, 9.17) is 0 Å². The van der Waals surface area contributed by atoms with Gasteiger partial charge < -0.3 is 5.11 Å². The molecule has 2 heterocycles. The van der Waals surface area contributed by atoms with Gasteiger partial charge in [0.25, 0.3) is 0 Å². The number of aliphatic hydroxyl groups is 1. The van der Waals surface area contributed by atoms with Crippen molar-refractivity contribution in [1.82, 2.24) is 0 Å². The summed E-state index contributed by atoms with van der Waals surface area (Å²) in [6.07, 6.45) is 1.94. The van der Waals surface area contributed by atoms with Gasteiger partial charge in [0.05, 0.1) is 11.0 Å². The lowest BCUT2D eigenvalue weighted by Crippen LogP contribution is -2.33. The molecule has 0 fully saturated rings. The maximum absolute atomic E-state index is 11.7. The molecule has 2 rings (SSSR count). The Bertz CT molecular complexity index is 392. The predicted molar refractivity (Wildman–Crippen MR) is 53.2 cm³/mol. The number of thioether (sulfide) groups is 1. The minimum Gasteiger partial charge on any atom is -0.512 e. The van der Waals surface area contributed by atoms with Gasteiger partial charge in [-0.1, -0.05) is 0 Å². The van der Waals surface area contributed by atoms with E-state index in [1.807, 2.05) is 0 Å². The first-order chi connectivity index (χ1) is 6.03. The molecule has 2 aliphatic heterocycles. The molecule has 0 saturated carbocycles. The molecule has 2 aliphatic rings. The van der Waals surface area contributed by atoms with E-state index in [9.17, 15) is 13.5 Å². The van der Waals surface area contributed by atoms with Crippen LogP contribution >= 0.6 is 11.8 Å². The number of rotatable bonds is 0. The first kappa shape index (κ1) is 9.15. The van der Waals surface area contributed by atoms with E-state index in [2.05, 4.69) is 0 Å². The van der Waals surface area contributed by atoms with Crippen molar-refractivity contribution in [2.24, 2.45) is 0 Å². The highest BCUT2D eigenvalue weighted by Gasteiger charge is 2.41.